The molecular formula is C15H14F4N2O3. The Morgan fingerprint density at radius 2 is 2.12 bits per heavy atom. The van der Waals surface area contributed by atoms with Gasteiger partial charge in [-0.1, -0.05) is 0 Å². The molecule has 1 saturated heterocycles. The lowest BCUT2D eigenvalue weighted by Crippen LogP contribution is -2.38. The average Bonchev–Trinajstić information content (AvgIpc) is 3.07. The van der Waals surface area contributed by atoms with Crippen LogP contribution in [-0.2, 0) is 0 Å². The summed E-state index contributed by atoms with van der Waals surface area (Å²) in [6.07, 6.45) is -5.95. The first-order valence-corrected chi connectivity index (χ1v) is 7.21. The molecule has 2 aromatic rings. The minimum atomic E-state index is -4.81. The molecule has 1 aromatic carbocycles. The molecule has 0 bridgehead atoms. The van der Waals surface area contributed by atoms with Crippen LogP contribution in [0, 0.1) is 0 Å². The van der Waals surface area contributed by atoms with Gasteiger partial charge in [-0.3, -0.25) is 4.79 Å². The summed E-state index contributed by atoms with van der Waals surface area (Å²) in [5.74, 6) is -0.919. The Hall–Kier alpha value is -2.29. The first-order chi connectivity index (χ1) is 11.3. The highest BCUT2D eigenvalue weighted by atomic mass is 19.4. The number of carbonyl (C=O) groups excluding carboxylic acids is 1. The van der Waals surface area contributed by atoms with Crippen molar-refractivity contribution in [2.45, 2.75) is 25.0 Å². The Morgan fingerprint density at radius 3 is 2.79 bits per heavy atom. The van der Waals surface area contributed by atoms with Crippen LogP contribution in [0.15, 0.2) is 24.3 Å². The van der Waals surface area contributed by atoms with Gasteiger partial charge in [0.1, 0.15) is 17.6 Å². The first-order valence-electron chi connectivity index (χ1n) is 7.21. The van der Waals surface area contributed by atoms with Gasteiger partial charge in [-0.25, -0.2) is 4.39 Å². The number of aromatic nitrogens is 1. The van der Waals surface area contributed by atoms with Crippen molar-refractivity contribution < 1.29 is 32.2 Å². The van der Waals surface area contributed by atoms with Gasteiger partial charge in [0.15, 0.2) is 0 Å². The van der Waals surface area contributed by atoms with Crippen molar-refractivity contribution in [1.82, 2.24) is 9.88 Å². The number of amides is 1. The van der Waals surface area contributed by atoms with Crippen molar-refractivity contribution >= 4 is 16.8 Å². The number of H-pyrrole nitrogens is 1. The second kappa shape index (κ2) is 5.97. The SMILES string of the molecule is O=C(c1cc2ccc(OC(F)(F)F)cc2[nH]1)N1C[C@@H](F)C[C@H]1CO. The molecule has 0 radical (unpaired) electrons. The number of benzene rings is 1. The van der Waals surface area contributed by atoms with E-state index in [9.17, 15) is 27.5 Å². The zero-order chi connectivity index (χ0) is 17.5. The topological polar surface area (TPSA) is 65.6 Å². The fraction of sp³-hybridized carbons (Fsp3) is 0.400. The summed E-state index contributed by atoms with van der Waals surface area (Å²) in [5.41, 5.74) is 0.401. The Kier molecular flexibility index (Phi) is 4.12. The van der Waals surface area contributed by atoms with Crippen LogP contribution in [0.1, 0.15) is 16.9 Å². The summed E-state index contributed by atoms with van der Waals surface area (Å²) in [6, 6.07) is 4.51. The van der Waals surface area contributed by atoms with Crippen LogP contribution >= 0.6 is 0 Å². The minimum absolute atomic E-state index is 0.0615. The van der Waals surface area contributed by atoms with Crippen LogP contribution in [0.5, 0.6) is 5.75 Å². The third-order valence-electron chi connectivity index (χ3n) is 3.89. The Labute approximate surface area is 133 Å². The van der Waals surface area contributed by atoms with Crippen molar-refractivity contribution in [3.8, 4) is 5.75 Å². The molecule has 1 aliphatic rings. The number of hydrogen-bond acceptors (Lipinski definition) is 3. The second-order valence-electron chi connectivity index (χ2n) is 5.61. The summed E-state index contributed by atoms with van der Waals surface area (Å²) in [7, 11) is 0. The van der Waals surface area contributed by atoms with Gasteiger partial charge < -0.3 is 19.7 Å². The molecule has 9 heteroatoms. The molecule has 1 amide bonds. The lowest BCUT2D eigenvalue weighted by Gasteiger charge is -2.21. The number of alkyl halides is 4. The molecule has 130 valence electrons. The van der Waals surface area contributed by atoms with E-state index >= 15 is 0 Å². The van der Waals surface area contributed by atoms with Gasteiger partial charge in [-0.2, -0.15) is 0 Å². The number of hydrogen-bond donors (Lipinski definition) is 2. The van der Waals surface area contributed by atoms with E-state index < -0.39 is 30.2 Å². The Bertz CT molecular complexity index is 759. The molecule has 0 unspecified atom stereocenters. The number of fused-ring (bicyclic) bond motifs is 1. The smallest absolute Gasteiger partial charge is 0.406 e. The molecule has 24 heavy (non-hydrogen) atoms. The van der Waals surface area contributed by atoms with Gasteiger partial charge in [0.05, 0.1) is 19.2 Å². The number of likely N-dealkylation sites (tertiary alicyclic amines) is 1. The fourth-order valence-corrected chi connectivity index (χ4v) is 2.85. The van der Waals surface area contributed by atoms with E-state index in [1.165, 1.54) is 17.0 Å². The van der Waals surface area contributed by atoms with Crippen LogP contribution in [-0.4, -0.2) is 52.6 Å². The van der Waals surface area contributed by atoms with E-state index in [1.807, 2.05) is 0 Å². The van der Waals surface area contributed by atoms with E-state index in [1.54, 1.807) is 0 Å². The van der Waals surface area contributed by atoms with E-state index in [-0.39, 0.29) is 30.8 Å². The van der Waals surface area contributed by atoms with E-state index in [4.69, 9.17) is 0 Å². The zero-order valence-electron chi connectivity index (χ0n) is 12.3. The lowest BCUT2D eigenvalue weighted by atomic mass is 10.2. The molecule has 3 rings (SSSR count). The molecule has 5 nitrogen and oxygen atoms in total. The third-order valence-corrected chi connectivity index (χ3v) is 3.89. The molecular weight excluding hydrogens is 332 g/mol. The highest BCUT2D eigenvalue weighted by Crippen LogP contribution is 2.28. The molecule has 2 atom stereocenters. The lowest BCUT2D eigenvalue weighted by molar-refractivity contribution is -0.274. The Morgan fingerprint density at radius 1 is 1.38 bits per heavy atom. The van der Waals surface area contributed by atoms with Crippen molar-refractivity contribution in [2.24, 2.45) is 0 Å². The molecule has 1 fully saturated rings. The number of nitrogens with zero attached hydrogens (tertiary/aromatic N) is 1. The van der Waals surface area contributed by atoms with E-state index in [0.29, 0.717) is 5.39 Å². The molecule has 1 aliphatic heterocycles. The van der Waals surface area contributed by atoms with Crippen LogP contribution in [0.4, 0.5) is 17.6 Å². The number of carbonyl (C=O) groups is 1. The largest absolute Gasteiger partial charge is 0.573 e. The van der Waals surface area contributed by atoms with Gasteiger partial charge in [0, 0.05) is 23.4 Å². The van der Waals surface area contributed by atoms with Gasteiger partial charge in [-0.05, 0) is 18.2 Å². The van der Waals surface area contributed by atoms with Crippen LogP contribution in [0.3, 0.4) is 0 Å². The van der Waals surface area contributed by atoms with Gasteiger partial charge in [0.2, 0.25) is 0 Å². The molecule has 0 aliphatic carbocycles. The molecule has 0 spiro atoms. The highest BCUT2D eigenvalue weighted by molar-refractivity contribution is 5.98. The number of halogens is 4. The number of aliphatic hydroxyl groups excluding tert-OH is 1. The van der Waals surface area contributed by atoms with Crippen molar-refractivity contribution in [3.63, 3.8) is 0 Å². The first kappa shape index (κ1) is 16.6. The summed E-state index contributed by atoms with van der Waals surface area (Å²) in [4.78, 5) is 16.4. The number of ether oxygens (including phenoxy) is 1. The predicted molar refractivity (Wildman–Crippen MR) is 76.4 cm³/mol. The number of nitrogens with one attached hydrogen (secondary N) is 1. The summed E-state index contributed by atoms with van der Waals surface area (Å²) in [6.45, 7) is -0.474. The predicted octanol–water partition coefficient (Wildman–Crippen LogP) is 2.61. The number of rotatable bonds is 3. The monoisotopic (exact) mass is 346 g/mol. The molecule has 2 N–H and O–H groups in total. The molecule has 1 aromatic heterocycles. The van der Waals surface area contributed by atoms with Crippen LogP contribution < -0.4 is 4.74 Å². The zero-order valence-corrected chi connectivity index (χ0v) is 12.3. The highest BCUT2D eigenvalue weighted by Gasteiger charge is 2.36. The normalized spacial score (nSPS) is 21.5. The van der Waals surface area contributed by atoms with Crippen molar-refractivity contribution in [3.05, 3.63) is 30.0 Å². The minimum Gasteiger partial charge on any atom is -0.406 e. The maximum absolute atomic E-state index is 13.5. The summed E-state index contributed by atoms with van der Waals surface area (Å²) >= 11 is 0. The Balaban J connectivity index is 1.86. The second-order valence-corrected chi connectivity index (χ2v) is 5.61. The van der Waals surface area contributed by atoms with E-state index in [2.05, 4.69) is 9.72 Å². The van der Waals surface area contributed by atoms with Crippen LogP contribution in [0.25, 0.3) is 10.9 Å². The van der Waals surface area contributed by atoms with Crippen molar-refractivity contribution in [2.75, 3.05) is 13.2 Å². The van der Waals surface area contributed by atoms with Gasteiger partial charge in [0.25, 0.3) is 5.91 Å². The maximum atomic E-state index is 13.5. The number of aromatic amines is 1. The van der Waals surface area contributed by atoms with Gasteiger partial charge in [-0.15, -0.1) is 13.2 Å². The third kappa shape index (κ3) is 3.30. The standard InChI is InChI=1S/C15H14F4N2O3/c16-9-4-10(7-22)21(6-9)14(23)13-3-8-1-2-11(5-12(8)20-13)24-15(17,18)19/h1-3,5,9-10,20,22H,4,6-7H2/t9-,10-/m0/s1. The van der Waals surface area contributed by atoms with Crippen LogP contribution in [0.2, 0.25) is 0 Å². The number of aliphatic hydroxyl groups is 1. The summed E-state index contributed by atoms with van der Waals surface area (Å²) < 4.78 is 54.0. The van der Waals surface area contributed by atoms with E-state index in [0.717, 1.165) is 12.1 Å². The quantitative estimate of drug-likeness (QED) is 0.840. The molecule has 2 heterocycles. The maximum Gasteiger partial charge on any atom is 0.573 e. The van der Waals surface area contributed by atoms with Gasteiger partial charge >= 0.3 is 6.36 Å². The van der Waals surface area contributed by atoms with Crippen molar-refractivity contribution in [1.29, 1.82) is 0 Å². The molecule has 0 saturated carbocycles. The average molecular weight is 346 g/mol. The fourth-order valence-electron chi connectivity index (χ4n) is 2.85. The summed E-state index contributed by atoms with van der Waals surface area (Å²) in [5, 5.41) is 9.76.